The summed E-state index contributed by atoms with van der Waals surface area (Å²) < 4.78 is 5.32. The van der Waals surface area contributed by atoms with Crippen molar-refractivity contribution in [2.75, 3.05) is 0 Å². The molecule has 3 heterocycles. The average Bonchev–Trinajstić information content (AvgIpc) is 3.21. The van der Waals surface area contributed by atoms with Crippen LogP contribution in [-0.2, 0) is 6.54 Å². The van der Waals surface area contributed by atoms with Crippen LogP contribution < -0.4 is 5.32 Å². The fraction of sp³-hybridized carbons (Fsp3) is 0.333. The van der Waals surface area contributed by atoms with E-state index in [2.05, 4.69) is 46.8 Å². The van der Waals surface area contributed by atoms with E-state index in [1.165, 1.54) is 4.88 Å². The summed E-state index contributed by atoms with van der Waals surface area (Å²) in [4.78, 5) is 6.81. The SMILES string of the molecule is CC(C)C(NCc1nc(-c2cccs2)no1)c1cccs1. The molecule has 0 bridgehead atoms. The van der Waals surface area contributed by atoms with Crippen molar-refractivity contribution in [3.05, 3.63) is 45.8 Å². The van der Waals surface area contributed by atoms with E-state index in [0.717, 1.165) is 4.88 Å². The second kappa shape index (κ2) is 6.51. The summed E-state index contributed by atoms with van der Waals surface area (Å²) >= 11 is 3.38. The van der Waals surface area contributed by atoms with Gasteiger partial charge in [0.1, 0.15) is 0 Å². The smallest absolute Gasteiger partial charge is 0.240 e. The van der Waals surface area contributed by atoms with Gasteiger partial charge in [-0.3, -0.25) is 0 Å². The molecule has 0 aliphatic carbocycles. The molecule has 0 fully saturated rings. The maximum Gasteiger partial charge on any atom is 0.240 e. The van der Waals surface area contributed by atoms with Crippen molar-refractivity contribution in [2.24, 2.45) is 5.92 Å². The highest BCUT2D eigenvalue weighted by Crippen LogP contribution is 2.26. The van der Waals surface area contributed by atoms with Crippen molar-refractivity contribution in [3.63, 3.8) is 0 Å². The molecule has 110 valence electrons. The van der Waals surface area contributed by atoms with Gasteiger partial charge in [-0.15, -0.1) is 22.7 Å². The topological polar surface area (TPSA) is 51.0 Å². The molecule has 3 aromatic heterocycles. The maximum absolute atomic E-state index is 5.32. The Balaban J connectivity index is 1.67. The molecule has 3 aromatic rings. The molecule has 1 N–H and O–H groups in total. The lowest BCUT2D eigenvalue weighted by Crippen LogP contribution is -2.24. The van der Waals surface area contributed by atoms with E-state index >= 15 is 0 Å². The first-order chi connectivity index (χ1) is 10.2. The van der Waals surface area contributed by atoms with Gasteiger partial charge < -0.3 is 9.84 Å². The molecule has 0 spiro atoms. The van der Waals surface area contributed by atoms with Gasteiger partial charge in [0.2, 0.25) is 11.7 Å². The summed E-state index contributed by atoms with van der Waals surface area (Å²) in [6.45, 7) is 5.00. The average molecular weight is 319 g/mol. The van der Waals surface area contributed by atoms with Gasteiger partial charge in [0.25, 0.3) is 0 Å². The van der Waals surface area contributed by atoms with Crippen LogP contribution in [0.3, 0.4) is 0 Å². The largest absolute Gasteiger partial charge is 0.338 e. The van der Waals surface area contributed by atoms with Gasteiger partial charge in [0.15, 0.2) is 0 Å². The fourth-order valence-electron chi connectivity index (χ4n) is 2.16. The van der Waals surface area contributed by atoms with E-state index in [1.807, 2.05) is 17.5 Å². The molecule has 1 unspecified atom stereocenters. The first-order valence-electron chi connectivity index (χ1n) is 6.87. The highest BCUT2D eigenvalue weighted by molar-refractivity contribution is 7.13. The second-order valence-corrected chi connectivity index (χ2v) is 7.03. The van der Waals surface area contributed by atoms with Crippen LogP contribution in [0.1, 0.15) is 30.7 Å². The quantitative estimate of drug-likeness (QED) is 0.734. The van der Waals surface area contributed by atoms with Gasteiger partial charge in [0, 0.05) is 10.9 Å². The Labute approximate surface area is 131 Å². The summed E-state index contributed by atoms with van der Waals surface area (Å²) in [5.41, 5.74) is 0. The van der Waals surface area contributed by atoms with Crippen molar-refractivity contribution in [2.45, 2.75) is 26.4 Å². The van der Waals surface area contributed by atoms with Gasteiger partial charge >= 0.3 is 0 Å². The van der Waals surface area contributed by atoms with Gasteiger partial charge in [0.05, 0.1) is 11.4 Å². The minimum Gasteiger partial charge on any atom is -0.338 e. The number of nitrogens with one attached hydrogen (secondary N) is 1. The van der Waals surface area contributed by atoms with Crippen LogP contribution in [0.15, 0.2) is 39.5 Å². The number of rotatable bonds is 6. The summed E-state index contributed by atoms with van der Waals surface area (Å²) in [5.74, 6) is 1.79. The van der Waals surface area contributed by atoms with Crippen LogP contribution in [0.25, 0.3) is 10.7 Å². The molecule has 4 nitrogen and oxygen atoms in total. The molecule has 0 aliphatic rings. The molecule has 0 saturated heterocycles. The third-order valence-electron chi connectivity index (χ3n) is 3.20. The molecule has 0 amide bonds. The lowest BCUT2D eigenvalue weighted by Gasteiger charge is -2.20. The van der Waals surface area contributed by atoms with E-state index in [4.69, 9.17) is 4.52 Å². The third-order valence-corrected chi connectivity index (χ3v) is 5.02. The van der Waals surface area contributed by atoms with Gasteiger partial charge in [-0.1, -0.05) is 31.1 Å². The van der Waals surface area contributed by atoms with Gasteiger partial charge in [-0.25, -0.2) is 0 Å². The molecule has 0 aromatic carbocycles. The van der Waals surface area contributed by atoms with Crippen LogP contribution >= 0.6 is 22.7 Å². The number of nitrogens with zero attached hydrogens (tertiary/aromatic N) is 2. The van der Waals surface area contributed by atoms with E-state index in [0.29, 0.717) is 30.2 Å². The summed E-state index contributed by atoms with van der Waals surface area (Å²) in [6.07, 6.45) is 0. The van der Waals surface area contributed by atoms with E-state index in [9.17, 15) is 0 Å². The number of aromatic nitrogens is 2. The third kappa shape index (κ3) is 3.40. The van der Waals surface area contributed by atoms with Crippen molar-refractivity contribution in [1.29, 1.82) is 0 Å². The summed E-state index contributed by atoms with van der Waals surface area (Å²) in [7, 11) is 0. The van der Waals surface area contributed by atoms with E-state index in [1.54, 1.807) is 22.7 Å². The zero-order valence-corrected chi connectivity index (χ0v) is 13.6. The zero-order valence-electron chi connectivity index (χ0n) is 11.9. The van der Waals surface area contributed by atoms with Gasteiger partial charge in [-0.05, 0) is 28.8 Å². The summed E-state index contributed by atoms with van der Waals surface area (Å²) in [6, 6.07) is 8.53. The Morgan fingerprint density at radius 3 is 2.67 bits per heavy atom. The first kappa shape index (κ1) is 14.4. The highest BCUT2D eigenvalue weighted by Gasteiger charge is 2.18. The number of thiophene rings is 2. The molecule has 3 rings (SSSR count). The predicted octanol–water partition coefficient (Wildman–Crippen LogP) is 4.35. The van der Waals surface area contributed by atoms with E-state index < -0.39 is 0 Å². The Kier molecular flexibility index (Phi) is 4.48. The Morgan fingerprint density at radius 2 is 2.00 bits per heavy atom. The maximum atomic E-state index is 5.32. The lowest BCUT2D eigenvalue weighted by molar-refractivity contribution is 0.339. The minimum absolute atomic E-state index is 0.307. The normalized spacial score (nSPS) is 12.9. The Hall–Kier alpha value is -1.50. The molecule has 6 heteroatoms. The van der Waals surface area contributed by atoms with Crippen LogP contribution in [0.5, 0.6) is 0 Å². The van der Waals surface area contributed by atoms with Crippen molar-refractivity contribution >= 4 is 22.7 Å². The Morgan fingerprint density at radius 1 is 1.19 bits per heavy atom. The first-order valence-corrected chi connectivity index (χ1v) is 8.63. The predicted molar refractivity (Wildman–Crippen MR) is 86.3 cm³/mol. The van der Waals surface area contributed by atoms with Gasteiger partial charge in [-0.2, -0.15) is 4.98 Å². The van der Waals surface area contributed by atoms with Crippen LogP contribution in [-0.4, -0.2) is 10.1 Å². The molecular weight excluding hydrogens is 302 g/mol. The van der Waals surface area contributed by atoms with Crippen molar-refractivity contribution < 1.29 is 4.52 Å². The number of hydrogen-bond acceptors (Lipinski definition) is 6. The standard InChI is InChI=1S/C15H17N3OS2/c1-10(2)14(11-5-3-7-20-11)16-9-13-17-15(18-19-13)12-6-4-8-21-12/h3-8,10,14,16H,9H2,1-2H3. The Bertz CT molecular complexity index is 659. The molecule has 0 aliphatic heterocycles. The zero-order chi connectivity index (χ0) is 14.7. The molecule has 0 radical (unpaired) electrons. The van der Waals surface area contributed by atoms with Crippen LogP contribution in [0, 0.1) is 5.92 Å². The number of hydrogen-bond donors (Lipinski definition) is 1. The minimum atomic E-state index is 0.307. The van der Waals surface area contributed by atoms with E-state index in [-0.39, 0.29) is 0 Å². The monoisotopic (exact) mass is 319 g/mol. The molecule has 1 atom stereocenters. The fourth-order valence-corrected chi connectivity index (χ4v) is 3.79. The van der Waals surface area contributed by atoms with Crippen LogP contribution in [0.4, 0.5) is 0 Å². The summed E-state index contributed by atoms with van der Waals surface area (Å²) in [5, 5.41) is 11.7. The second-order valence-electron chi connectivity index (χ2n) is 5.11. The molecular formula is C15H17N3OS2. The lowest BCUT2D eigenvalue weighted by atomic mass is 10.0. The molecule has 21 heavy (non-hydrogen) atoms. The van der Waals surface area contributed by atoms with Crippen molar-refractivity contribution in [3.8, 4) is 10.7 Å². The van der Waals surface area contributed by atoms with Crippen molar-refractivity contribution in [1.82, 2.24) is 15.5 Å². The van der Waals surface area contributed by atoms with Crippen LogP contribution in [0.2, 0.25) is 0 Å². The highest BCUT2D eigenvalue weighted by atomic mass is 32.1. The molecule has 0 saturated carbocycles.